The van der Waals surface area contributed by atoms with Gasteiger partial charge in [-0.05, 0) is 19.8 Å². The Hall–Kier alpha value is -1.03. The van der Waals surface area contributed by atoms with Crippen LogP contribution in [0.1, 0.15) is 28.9 Å². The third-order valence-corrected chi connectivity index (χ3v) is 2.99. The van der Waals surface area contributed by atoms with Crippen molar-refractivity contribution in [2.24, 2.45) is 7.05 Å². The Morgan fingerprint density at radius 3 is 2.81 bits per heavy atom. The minimum atomic E-state index is 0.0637. The van der Waals surface area contributed by atoms with Gasteiger partial charge >= 0.3 is 0 Å². The molecular formula is C11H16ClN3O. The topological polar surface area (TPSA) is 38.1 Å². The number of halogens is 1. The van der Waals surface area contributed by atoms with Crippen molar-refractivity contribution in [3.05, 3.63) is 17.5 Å². The Kier molecular flexibility index (Phi) is 3.19. The molecule has 1 aromatic rings. The smallest absolute Gasteiger partial charge is 0.257 e. The summed E-state index contributed by atoms with van der Waals surface area (Å²) in [4.78, 5) is 14.1. The number of nitrogens with zero attached hydrogens (tertiary/aromatic N) is 3. The molecule has 0 bridgehead atoms. The van der Waals surface area contributed by atoms with Crippen LogP contribution < -0.4 is 0 Å². The first-order valence-corrected chi connectivity index (χ1v) is 6.04. The fourth-order valence-corrected chi connectivity index (χ4v) is 2.07. The number of aromatic nitrogens is 2. The van der Waals surface area contributed by atoms with Crippen LogP contribution in [0.3, 0.4) is 0 Å². The van der Waals surface area contributed by atoms with Crippen LogP contribution in [0.4, 0.5) is 0 Å². The molecule has 0 radical (unpaired) electrons. The summed E-state index contributed by atoms with van der Waals surface area (Å²) in [6.07, 6.45) is 3.98. The standard InChI is InChI=1S/C11H16ClN3O/c1-8-10(7-14(2)13-8)11(16)15(6-5-12)9-3-4-9/h7,9H,3-6H2,1-2H3. The van der Waals surface area contributed by atoms with E-state index in [4.69, 9.17) is 11.6 Å². The molecule has 5 heteroatoms. The minimum Gasteiger partial charge on any atom is -0.334 e. The second-order valence-electron chi connectivity index (χ2n) is 4.22. The molecule has 0 N–H and O–H groups in total. The predicted octanol–water partition coefficient (Wildman–Crippen LogP) is 1.57. The number of hydrogen-bond acceptors (Lipinski definition) is 2. The molecule has 0 aromatic carbocycles. The highest BCUT2D eigenvalue weighted by molar-refractivity contribution is 6.18. The highest BCUT2D eigenvalue weighted by atomic mass is 35.5. The first-order chi connectivity index (χ1) is 7.63. The van der Waals surface area contributed by atoms with Crippen molar-refractivity contribution in [1.29, 1.82) is 0 Å². The van der Waals surface area contributed by atoms with E-state index in [1.54, 1.807) is 10.9 Å². The molecule has 1 fully saturated rings. The van der Waals surface area contributed by atoms with Gasteiger partial charge in [0.1, 0.15) is 0 Å². The summed E-state index contributed by atoms with van der Waals surface area (Å²) in [5.41, 5.74) is 1.48. The molecule has 1 heterocycles. The van der Waals surface area contributed by atoms with Crippen LogP contribution in [0.25, 0.3) is 0 Å². The van der Waals surface area contributed by atoms with Crippen molar-refractivity contribution in [3.63, 3.8) is 0 Å². The fraction of sp³-hybridized carbons (Fsp3) is 0.636. The minimum absolute atomic E-state index is 0.0637. The lowest BCUT2D eigenvalue weighted by Gasteiger charge is -2.20. The van der Waals surface area contributed by atoms with Crippen molar-refractivity contribution in [2.45, 2.75) is 25.8 Å². The van der Waals surface area contributed by atoms with Crippen LogP contribution in [0.5, 0.6) is 0 Å². The van der Waals surface area contributed by atoms with Crippen LogP contribution in [-0.2, 0) is 7.05 Å². The number of alkyl halides is 1. The first-order valence-electron chi connectivity index (χ1n) is 5.50. The molecule has 4 nitrogen and oxygen atoms in total. The zero-order chi connectivity index (χ0) is 11.7. The molecular weight excluding hydrogens is 226 g/mol. The number of amides is 1. The molecule has 0 unspecified atom stereocenters. The molecule has 1 aliphatic rings. The van der Waals surface area contributed by atoms with E-state index in [-0.39, 0.29) is 5.91 Å². The highest BCUT2D eigenvalue weighted by Gasteiger charge is 2.33. The van der Waals surface area contributed by atoms with Gasteiger partial charge in [0.2, 0.25) is 0 Å². The Labute approximate surface area is 100 Å². The van der Waals surface area contributed by atoms with Crippen molar-refractivity contribution < 1.29 is 4.79 Å². The average Bonchev–Trinajstić information content (AvgIpc) is 3.00. The third-order valence-electron chi connectivity index (χ3n) is 2.82. The maximum atomic E-state index is 12.3. The van der Waals surface area contributed by atoms with Gasteiger partial charge in [0.25, 0.3) is 5.91 Å². The van der Waals surface area contributed by atoms with Crippen molar-refractivity contribution in [1.82, 2.24) is 14.7 Å². The van der Waals surface area contributed by atoms with Gasteiger partial charge in [-0.2, -0.15) is 5.10 Å². The van der Waals surface area contributed by atoms with Crippen LogP contribution in [0.15, 0.2) is 6.20 Å². The quantitative estimate of drug-likeness (QED) is 0.751. The van der Waals surface area contributed by atoms with Gasteiger partial charge in [-0.3, -0.25) is 9.48 Å². The number of aryl methyl sites for hydroxylation is 2. The van der Waals surface area contributed by atoms with Crippen molar-refractivity contribution in [3.8, 4) is 0 Å². The lowest BCUT2D eigenvalue weighted by atomic mass is 10.2. The second-order valence-corrected chi connectivity index (χ2v) is 4.60. The Morgan fingerprint density at radius 1 is 1.69 bits per heavy atom. The second kappa shape index (κ2) is 4.45. The van der Waals surface area contributed by atoms with E-state index >= 15 is 0 Å². The van der Waals surface area contributed by atoms with E-state index in [9.17, 15) is 4.79 Å². The maximum Gasteiger partial charge on any atom is 0.257 e. The molecule has 88 valence electrons. The number of carbonyl (C=O) groups is 1. The van der Waals surface area contributed by atoms with Gasteiger partial charge in [0.15, 0.2) is 0 Å². The normalized spacial score (nSPS) is 15.2. The summed E-state index contributed by atoms with van der Waals surface area (Å²) in [6.45, 7) is 2.48. The van der Waals surface area contributed by atoms with Crippen molar-refractivity contribution in [2.75, 3.05) is 12.4 Å². The van der Waals surface area contributed by atoms with Gasteiger partial charge in [-0.25, -0.2) is 0 Å². The average molecular weight is 242 g/mol. The molecule has 1 saturated carbocycles. The number of carbonyl (C=O) groups excluding carboxylic acids is 1. The number of rotatable bonds is 4. The molecule has 2 rings (SSSR count). The van der Waals surface area contributed by atoms with E-state index in [0.29, 0.717) is 24.0 Å². The van der Waals surface area contributed by atoms with E-state index < -0.39 is 0 Å². The van der Waals surface area contributed by atoms with Crippen LogP contribution in [-0.4, -0.2) is 39.1 Å². The zero-order valence-electron chi connectivity index (χ0n) is 9.61. The fourth-order valence-electron chi connectivity index (χ4n) is 1.89. The maximum absolute atomic E-state index is 12.3. The van der Waals surface area contributed by atoms with E-state index in [2.05, 4.69) is 5.10 Å². The molecule has 1 amide bonds. The summed E-state index contributed by atoms with van der Waals surface area (Å²) in [6, 6.07) is 0.394. The Balaban J connectivity index is 2.18. The summed E-state index contributed by atoms with van der Waals surface area (Å²) in [5.74, 6) is 0.551. The summed E-state index contributed by atoms with van der Waals surface area (Å²) in [7, 11) is 1.83. The van der Waals surface area contributed by atoms with Gasteiger partial charge in [0.05, 0.1) is 11.3 Å². The number of hydrogen-bond donors (Lipinski definition) is 0. The molecule has 1 aromatic heterocycles. The Morgan fingerprint density at radius 2 is 2.38 bits per heavy atom. The van der Waals surface area contributed by atoms with E-state index in [1.807, 2.05) is 18.9 Å². The molecule has 0 aliphatic heterocycles. The summed E-state index contributed by atoms with van der Waals surface area (Å²) < 4.78 is 1.67. The lowest BCUT2D eigenvalue weighted by Crippen LogP contribution is -2.34. The summed E-state index contributed by atoms with van der Waals surface area (Å²) >= 11 is 5.73. The molecule has 0 atom stereocenters. The van der Waals surface area contributed by atoms with Crippen LogP contribution in [0.2, 0.25) is 0 Å². The van der Waals surface area contributed by atoms with Crippen LogP contribution >= 0.6 is 11.6 Å². The monoisotopic (exact) mass is 241 g/mol. The molecule has 0 spiro atoms. The summed E-state index contributed by atoms with van der Waals surface area (Å²) in [5, 5.41) is 4.19. The SMILES string of the molecule is Cc1nn(C)cc1C(=O)N(CCCl)C1CC1. The van der Waals surface area contributed by atoms with Gasteiger partial charge < -0.3 is 4.90 Å². The molecule has 16 heavy (non-hydrogen) atoms. The zero-order valence-corrected chi connectivity index (χ0v) is 10.4. The van der Waals surface area contributed by atoms with Crippen LogP contribution in [0, 0.1) is 6.92 Å². The van der Waals surface area contributed by atoms with Gasteiger partial charge in [-0.15, -0.1) is 11.6 Å². The molecule has 0 saturated heterocycles. The molecule has 1 aliphatic carbocycles. The van der Waals surface area contributed by atoms with Crippen molar-refractivity contribution >= 4 is 17.5 Å². The third kappa shape index (κ3) is 2.21. The lowest BCUT2D eigenvalue weighted by molar-refractivity contribution is 0.0753. The largest absolute Gasteiger partial charge is 0.334 e. The van der Waals surface area contributed by atoms with E-state index in [1.165, 1.54) is 0 Å². The van der Waals surface area contributed by atoms with Gasteiger partial charge in [0, 0.05) is 31.7 Å². The van der Waals surface area contributed by atoms with E-state index in [0.717, 1.165) is 18.5 Å². The first kappa shape index (κ1) is 11.5. The highest BCUT2D eigenvalue weighted by Crippen LogP contribution is 2.28. The van der Waals surface area contributed by atoms with Gasteiger partial charge in [-0.1, -0.05) is 0 Å². The Bertz CT molecular complexity index is 398. The predicted molar refractivity (Wildman–Crippen MR) is 62.7 cm³/mol.